The molecule has 0 atom stereocenters. The van der Waals surface area contributed by atoms with E-state index >= 15 is 0 Å². The molecule has 0 spiro atoms. The maximum atomic E-state index is 11.9. The van der Waals surface area contributed by atoms with Crippen molar-refractivity contribution in [3.8, 4) is 5.75 Å². The highest BCUT2D eigenvalue weighted by Crippen LogP contribution is 2.18. The Morgan fingerprint density at radius 1 is 1.25 bits per heavy atom. The van der Waals surface area contributed by atoms with Crippen LogP contribution in [0.1, 0.15) is 32.6 Å². The zero-order valence-electron chi connectivity index (χ0n) is 12.0. The second kappa shape index (κ2) is 8.81. The predicted octanol–water partition coefficient (Wildman–Crippen LogP) is 2.35. The lowest BCUT2D eigenvalue weighted by Gasteiger charge is -2.10. The summed E-state index contributed by atoms with van der Waals surface area (Å²) in [6, 6.07) is 6.90. The highest BCUT2D eigenvalue weighted by molar-refractivity contribution is 7.92. The number of unbranched alkanes of at least 4 members (excludes halogenated alkanes) is 3. The molecule has 0 heterocycles. The number of hydrogen-bond acceptors (Lipinski definition) is 4. The second-order valence-electron chi connectivity index (χ2n) is 4.65. The molecule has 1 rings (SSSR count). The van der Waals surface area contributed by atoms with Crippen molar-refractivity contribution in [1.82, 2.24) is 0 Å². The summed E-state index contributed by atoms with van der Waals surface area (Å²) in [5.74, 6) is 0.766. The summed E-state index contributed by atoms with van der Waals surface area (Å²) >= 11 is 0. The molecule has 0 fully saturated rings. The molecule has 3 N–H and O–H groups in total. The van der Waals surface area contributed by atoms with Crippen LogP contribution in [-0.4, -0.2) is 27.3 Å². The monoisotopic (exact) mass is 300 g/mol. The number of benzene rings is 1. The molecule has 1 aromatic carbocycles. The Balaban J connectivity index is 2.53. The fourth-order valence-electron chi connectivity index (χ4n) is 1.78. The van der Waals surface area contributed by atoms with Gasteiger partial charge in [-0.3, -0.25) is 4.72 Å². The summed E-state index contributed by atoms with van der Waals surface area (Å²) in [4.78, 5) is 0. The van der Waals surface area contributed by atoms with Gasteiger partial charge in [0.1, 0.15) is 12.4 Å². The lowest BCUT2D eigenvalue weighted by Crippen LogP contribution is -2.17. The number of sulfonamides is 1. The van der Waals surface area contributed by atoms with Crippen molar-refractivity contribution in [2.45, 2.75) is 32.6 Å². The molecular formula is C14H24N2O3S. The third kappa shape index (κ3) is 6.77. The molecule has 0 aliphatic carbocycles. The molecular weight excluding hydrogens is 276 g/mol. The van der Waals surface area contributed by atoms with E-state index in [2.05, 4.69) is 11.6 Å². The molecule has 0 aromatic heterocycles. The number of nitrogens with one attached hydrogen (secondary N) is 1. The van der Waals surface area contributed by atoms with Gasteiger partial charge in [-0.25, -0.2) is 8.42 Å². The van der Waals surface area contributed by atoms with E-state index < -0.39 is 10.0 Å². The first-order valence-electron chi connectivity index (χ1n) is 7.01. The Kier molecular flexibility index (Phi) is 7.40. The van der Waals surface area contributed by atoms with Gasteiger partial charge in [0.05, 0.1) is 11.4 Å². The zero-order chi connectivity index (χ0) is 14.8. The molecule has 6 heteroatoms. The summed E-state index contributed by atoms with van der Waals surface area (Å²) in [5, 5.41) is 0. The van der Waals surface area contributed by atoms with Gasteiger partial charge in [0.15, 0.2) is 0 Å². The van der Waals surface area contributed by atoms with Crippen molar-refractivity contribution >= 4 is 15.7 Å². The Labute approximate surface area is 121 Å². The van der Waals surface area contributed by atoms with E-state index in [-0.39, 0.29) is 5.75 Å². The first-order chi connectivity index (χ1) is 9.57. The predicted molar refractivity (Wildman–Crippen MR) is 82.5 cm³/mol. The number of hydrogen-bond donors (Lipinski definition) is 2. The van der Waals surface area contributed by atoms with E-state index in [0.29, 0.717) is 31.0 Å². The summed E-state index contributed by atoms with van der Waals surface area (Å²) < 4.78 is 31.8. The lowest BCUT2D eigenvalue weighted by atomic mass is 10.2. The molecule has 0 aliphatic heterocycles. The van der Waals surface area contributed by atoms with Crippen molar-refractivity contribution in [3.63, 3.8) is 0 Å². The minimum atomic E-state index is -3.28. The minimum absolute atomic E-state index is 0.154. The molecule has 1 aromatic rings. The van der Waals surface area contributed by atoms with Gasteiger partial charge in [0.25, 0.3) is 0 Å². The third-order valence-electron chi connectivity index (χ3n) is 2.76. The quantitative estimate of drug-likeness (QED) is 0.650. The average Bonchev–Trinajstić information content (AvgIpc) is 2.41. The molecule has 0 amide bonds. The molecule has 5 nitrogen and oxygen atoms in total. The van der Waals surface area contributed by atoms with Crippen LogP contribution in [0.4, 0.5) is 5.69 Å². The number of ether oxygens (including phenoxy) is 1. The highest BCUT2D eigenvalue weighted by atomic mass is 32.2. The Bertz CT molecular complexity index is 489. The van der Waals surface area contributed by atoms with Gasteiger partial charge in [-0.1, -0.05) is 32.3 Å². The standard InChI is InChI=1S/C14H24N2O3S/c1-2-3-4-5-11-20(17,18)16-13-7-6-8-14(12-13)19-10-9-15/h6-8,12,16H,2-5,9-11,15H2,1H3. The molecule has 20 heavy (non-hydrogen) atoms. The Morgan fingerprint density at radius 2 is 2.05 bits per heavy atom. The van der Waals surface area contributed by atoms with Crippen LogP contribution in [-0.2, 0) is 10.0 Å². The van der Waals surface area contributed by atoms with E-state index in [1.807, 2.05) is 0 Å². The Hall–Kier alpha value is -1.27. The van der Waals surface area contributed by atoms with Gasteiger partial charge < -0.3 is 10.5 Å². The minimum Gasteiger partial charge on any atom is -0.492 e. The normalized spacial score (nSPS) is 11.3. The van der Waals surface area contributed by atoms with E-state index in [9.17, 15) is 8.42 Å². The smallest absolute Gasteiger partial charge is 0.232 e. The van der Waals surface area contributed by atoms with Crippen molar-refractivity contribution in [1.29, 1.82) is 0 Å². The molecule has 0 saturated carbocycles. The number of rotatable bonds is 10. The van der Waals surface area contributed by atoms with E-state index in [1.54, 1.807) is 24.3 Å². The molecule has 0 aliphatic rings. The van der Waals surface area contributed by atoms with Crippen LogP contribution in [0, 0.1) is 0 Å². The van der Waals surface area contributed by atoms with Gasteiger partial charge in [0.2, 0.25) is 10.0 Å². The number of nitrogens with two attached hydrogens (primary N) is 1. The first-order valence-corrected chi connectivity index (χ1v) is 8.66. The summed E-state index contributed by atoms with van der Waals surface area (Å²) in [5.41, 5.74) is 5.88. The maximum Gasteiger partial charge on any atom is 0.232 e. The SMILES string of the molecule is CCCCCCS(=O)(=O)Nc1cccc(OCCN)c1. The average molecular weight is 300 g/mol. The van der Waals surface area contributed by atoms with Crippen LogP contribution >= 0.6 is 0 Å². The molecule has 114 valence electrons. The van der Waals surface area contributed by atoms with Crippen molar-refractivity contribution in [2.24, 2.45) is 5.73 Å². The lowest BCUT2D eigenvalue weighted by molar-refractivity contribution is 0.328. The first kappa shape index (κ1) is 16.8. The summed E-state index contributed by atoms with van der Waals surface area (Å²) in [6.07, 6.45) is 3.79. The van der Waals surface area contributed by atoms with E-state index in [1.165, 1.54) is 0 Å². The third-order valence-corrected chi connectivity index (χ3v) is 4.13. The molecule has 0 radical (unpaired) electrons. The van der Waals surface area contributed by atoms with Gasteiger partial charge >= 0.3 is 0 Å². The molecule has 0 unspecified atom stereocenters. The maximum absolute atomic E-state index is 11.9. The van der Waals surface area contributed by atoms with Crippen LogP contribution in [0.3, 0.4) is 0 Å². The Morgan fingerprint density at radius 3 is 2.75 bits per heavy atom. The largest absolute Gasteiger partial charge is 0.492 e. The fraction of sp³-hybridized carbons (Fsp3) is 0.571. The molecule has 0 saturated heterocycles. The van der Waals surface area contributed by atoms with Gasteiger partial charge in [0, 0.05) is 12.6 Å². The van der Waals surface area contributed by atoms with Gasteiger partial charge in [-0.15, -0.1) is 0 Å². The van der Waals surface area contributed by atoms with Crippen LogP contribution in [0.2, 0.25) is 0 Å². The fourth-order valence-corrected chi connectivity index (χ4v) is 2.95. The van der Waals surface area contributed by atoms with Crippen LogP contribution in [0.15, 0.2) is 24.3 Å². The van der Waals surface area contributed by atoms with Crippen molar-refractivity contribution in [3.05, 3.63) is 24.3 Å². The zero-order valence-corrected chi connectivity index (χ0v) is 12.8. The summed E-state index contributed by atoms with van der Waals surface area (Å²) in [7, 11) is -3.28. The van der Waals surface area contributed by atoms with Crippen molar-refractivity contribution in [2.75, 3.05) is 23.6 Å². The number of anilines is 1. The van der Waals surface area contributed by atoms with Crippen molar-refractivity contribution < 1.29 is 13.2 Å². The van der Waals surface area contributed by atoms with Crippen LogP contribution < -0.4 is 15.2 Å². The highest BCUT2D eigenvalue weighted by Gasteiger charge is 2.10. The van der Waals surface area contributed by atoms with Gasteiger partial charge in [-0.2, -0.15) is 0 Å². The summed E-state index contributed by atoms with van der Waals surface area (Å²) in [6.45, 7) is 2.93. The van der Waals surface area contributed by atoms with E-state index in [4.69, 9.17) is 10.5 Å². The topological polar surface area (TPSA) is 81.4 Å². The molecule has 0 bridgehead atoms. The van der Waals surface area contributed by atoms with E-state index in [0.717, 1.165) is 19.3 Å². The van der Waals surface area contributed by atoms with Crippen LogP contribution in [0.25, 0.3) is 0 Å². The second-order valence-corrected chi connectivity index (χ2v) is 6.49. The van der Waals surface area contributed by atoms with Crippen LogP contribution in [0.5, 0.6) is 5.75 Å². The van der Waals surface area contributed by atoms with Gasteiger partial charge in [-0.05, 0) is 18.6 Å².